The smallest absolute Gasteiger partial charge is 0.157 e. The van der Waals surface area contributed by atoms with Crippen molar-refractivity contribution in [1.82, 2.24) is 0 Å². The quantitative estimate of drug-likeness (QED) is 0.432. The zero-order valence-electron chi connectivity index (χ0n) is 17.7. The van der Waals surface area contributed by atoms with E-state index in [2.05, 4.69) is 19.1 Å². The largest absolute Gasteiger partial charge is 0.494 e. The van der Waals surface area contributed by atoms with Gasteiger partial charge in [-0.25, -0.2) is 4.39 Å². The molecule has 0 N–H and O–H groups in total. The second-order valence-corrected chi connectivity index (χ2v) is 7.77. The third-order valence-corrected chi connectivity index (χ3v) is 5.44. The molecule has 1 aliphatic rings. The van der Waals surface area contributed by atoms with Gasteiger partial charge in [-0.1, -0.05) is 50.5 Å². The molecule has 2 aromatic rings. The molecule has 4 heteroatoms. The van der Waals surface area contributed by atoms with Crippen LogP contribution in [0.4, 0.5) is 4.39 Å². The number of rotatable bonds is 10. The average Bonchev–Trinajstić information content (AvgIpc) is 2.74. The summed E-state index contributed by atoms with van der Waals surface area (Å²) in [6, 6.07) is 13.1. The first-order valence-corrected chi connectivity index (χ1v) is 10.9. The van der Waals surface area contributed by atoms with Crippen molar-refractivity contribution >= 4 is 0 Å². The van der Waals surface area contributed by atoms with Crippen LogP contribution in [0.25, 0.3) is 11.1 Å². The van der Waals surface area contributed by atoms with Gasteiger partial charge < -0.3 is 14.2 Å². The van der Waals surface area contributed by atoms with Crippen LogP contribution in [0.1, 0.15) is 51.5 Å². The number of benzene rings is 2. The zero-order valence-corrected chi connectivity index (χ0v) is 17.7. The lowest BCUT2D eigenvalue weighted by Gasteiger charge is -2.29. The van der Waals surface area contributed by atoms with Crippen molar-refractivity contribution in [3.63, 3.8) is 0 Å². The second-order valence-electron chi connectivity index (χ2n) is 7.77. The molecule has 1 aliphatic heterocycles. The molecule has 0 spiro atoms. The Balaban J connectivity index is 1.47. The third kappa shape index (κ3) is 6.55. The minimum absolute atomic E-state index is 0.111. The first kappa shape index (κ1) is 21.8. The van der Waals surface area contributed by atoms with Crippen LogP contribution in [0.2, 0.25) is 0 Å². The maximum atomic E-state index is 14.4. The lowest BCUT2D eigenvalue weighted by Crippen LogP contribution is -2.32. The molecule has 0 saturated carbocycles. The Kier molecular flexibility index (Phi) is 8.51. The van der Waals surface area contributed by atoms with Crippen molar-refractivity contribution in [3.8, 4) is 16.9 Å². The summed E-state index contributed by atoms with van der Waals surface area (Å²) >= 11 is 0. The van der Waals surface area contributed by atoms with Crippen molar-refractivity contribution < 1.29 is 18.6 Å². The van der Waals surface area contributed by atoms with Gasteiger partial charge in [-0.3, -0.25) is 0 Å². The Morgan fingerprint density at radius 1 is 0.966 bits per heavy atom. The molecule has 1 saturated heterocycles. The molecule has 0 atom stereocenters. The van der Waals surface area contributed by atoms with E-state index in [1.807, 2.05) is 25.1 Å². The van der Waals surface area contributed by atoms with Crippen molar-refractivity contribution in [2.45, 2.75) is 58.7 Å². The number of halogens is 1. The van der Waals surface area contributed by atoms with Crippen LogP contribution in [0.15, 0.2) is 42.5 Å². The Morgan fingerprint density at radius 3 is 2.38 bits per heavy atom. The van der Waals surface area contributed by atoms with Crippen molar-refractivity contribution in [2.75, 3.05) is 19.8 Å². The molecule has 158 valence electrons. The predicted octanol–water partition coefficient (Wildman–Crippen LogP) is 6.39. The van der Waals surface area contributed by atoms with E-state index in [-0.39, 0.29) is 12.1 Å². The fraction of sp³-hybridized carbons (Fsp3) is 0.520. The highest BCUT2D eigenvalue weighted by Gasteiger charge is 2.21. The molecule has 0 unspecified atom stereocenters. The van der Waals surface area contributed by atoms with Crippen LogP contribution in [-0.2, 0) is 15.9 Å². The Labute approximate surface area is 174 Å². The highest BCUT2D eigenvalue weighted by molar-refractivity contribution is 5.65. The van der Waals surface area contributed by atoms with Gasteiger partial charge in [0.15, 0.2) is 6.29 Å². The van der Waals surface area contributed by atoms with E-state index in [1.54, 1.807) is 6.07 Å². The summed E-state index contributed by atoms with van der Waals surface area (Å²) in [7, 11) is 0. The zero-order chi connectivity index (χ0) is 20.5. The van der Waals surface area contributed by atoms with E-state index in [9.17, 15) is 4.39 Å². The first-order valence-electron chi connectivity index (χ1n) is 10.9. The summed E-state index contributed by atoms with van der Waals surface area (Å²) in [6.07, 6.45) is 6.62. The Hall–Kier alpha value is -1.91. The third-order valence-electron chi connectivity index (χ3n) is 5.44. The highest BCUT2D eigenvalue weighted by Crippen LogP contribution is 2.27. The molecule has 0 amide bonds. The van der Waals surface area contributed by atoms with Gasteiger partial charge in [0.1, 0.15) is 11.6 Å². The number of hydrogen-bond acceptors (Lipinski definition) is 3. The lowest BCUT2D eigenvalue weighted by atomic mass is 10.0. The molecule has 1 heterocycles. The van der Waals surface area contributed by atoms with Crippen molar-refractivity contribution in [2.24, 2.45) is 5.92 Å². The number of aryl methyl sites for hydroxylation is 1. The van der Waals surface area contributed by atoms with Crippen LogP contribution in [-0.4, -0.2) is 26.1 Å². The van der Waals surface area contributed by atoms with Crippen molar-refractivity contribution in [1.29, 1.82) is 0 Å². The molecule has 3 nitrogen and oxygen atoms in total. The van der Waals surface area contributed by atoms with Crippen LogP contribution in [0.3, 0.4) is 0 Å². The molecular formula is C25H33FO3. The summed E-state index contributed by atoms with van der Waals surface area (Å²) in [4.78, 5) is 0. The molecule has 1 fully saturated rings. The molecule has 0 radical (unpaired) electrons. The monoisotopic (exact) mass is 400 g/mol. The predicted molar refractivity (Wildman–Crippen MR) is 115 cm³/mol. The fourth-order valence-corrected chi connectivity index (χ4v) is 3.72. The topological polar surface area (TPSA) is 27.7 Å². The standard InChI is InChI=1S/C25H33FO3/c1-3-5-6-7-20-17-28-25(29-18-20)15-10-19-8-11-21(12-9-19)23-14-13-22(27-4-2)16-24(23)26/h8-9,11-14,16,20,25H,3-7,10,15,17-18H2,1-2H3. The van der Waals surface area contributed by atoms with E-state index in [0.29, 0.717) is 23.8 Å². The molecule has 29 heavy (non-hydrogen) atoms. The lowest BCUT2D eigenvalue weighted by molar-refractivity contribution is -0.203. The average molecular weight is 401 g/mol. The van der Waals surface area contributed by atoms with E-state index in [0.717, 1.165) is 31.6 Å². The summed E-state index contributed by atoms with van der Waals surface area (Å²) in [6.45, 7) is 6.26. The summed E-state index contributed by atoms with van der Waals surface area (Å²) in [5.74, 6) is 0.841. The SMILES string of the molecule is CCCCCC1COC(CCc2ccc(-c3ccc(OCC)cc3F)cc2)OC1. The van der Waals surface area contributed by atoms with Gasteiger partial charge in [0, 0.05) is 24.0 Å². The molecule has 0 bridgehead atoms. The Bertz CT molecular complexity index is 736. The molecular weight excluding hydrogens is 367 g/mol. The maximum Gasteiger partial charge on any atom is 0.157 e. The maximum absolute atomic E-state index is 14.4. The van der Waals surface area contributed by atoms with E-state index >= 15 is 0 Å². The van der Waals surface area contributed by atoms with E-state index in [4.69, 9.17) is 14.2 Å². The number of hydrogen-bond donors (Lipinski definition) is 0. The van der Waals surface area contributed by atoms with Crippen LogP contribution >= 0.6 is 0 Å². The van der Waals surface area contributed by atoms with Crippen LogP contribution in [0.5, 0.6) is 5.75 Å². The fourth-order valence-electron chi connectivity index (χ4n) is 3.72. The van der Waals surface area contributed by atoms with E-state index in [1.165, 1.54) is 37.3 Å². The van der Waals surface area contributed by atoms with Gasteiger partial charge in [-0.15, -0.1) is 0 Å². The van der Waals surface area contributed by atoms with Crippen LogP contribution in [0, 0.1) is 11.7 Å². The normalized spacial score (nSPS) is 19.3. The number of unbranched alkanes of at least 4 members (excludes halogenated alkanes) is 2. The van der Waals surface area contributed by atoms with Gasteiger partial charge in [0.2, 0.25) is 0 Å². The van der Waals surface area contributed by atoms with Gasteiger partial charge >= 0.3 is 0 Å². The van der Waals surface area contributed by atoms with Gasteiger partial charge in [-0.05, 0) is 43.0 Å². The van der Waals surface area contributed by atoms with Crippen LogP contribution < -0.4 is 4.74 Å². The minimum Gasteiger partial charge on any atom is -0.494 e. The minimum atomic E-state index is -0.263. The summed E-state index contributed by atoms with van der Waals surface area (Å²) in [5.41, 5.74) is 2.67. The van der Waals surface area contributed by atoms with Gasteiger partial charge in [0.05, 0.1) is 19.8 Å². The first-order chi connectivity index (χ1) is 14.2. The second kappa shape index (κ2) is 11.3. The summed E-state index contributed by atoms with van der Waals surface area (Å²) < 4.78 is 31.5. The molecule has 0 aromatic heterocycles. The molecule has 2 aromatic carbocycles. The van der Waals surface area contributed by atoms with E-state index < -0.39 is 0 Å². The molecule has 3 rings (SSSR count). The summed E-state index contributed by atoms with van der Waals surface area (Å²) in [5, 5.41) is 0. The van der Waals surface area contributed by atoms with Gasteiger partial charge in [0.25, 0.3) is 0 Å². The number of ether oxygens (including phenoxy) is 3. The van der Waals surface area contributed by atoms with Crippen molar-refractivity contribution in [3.05, 3.63) is 53.8 Å². The van der Waals surface area contributed by atoms with Gasteiger partial charge in [-0.2, -0.15) is 0 Å². The Morgan fingerprint density at radius 2 is 1.72 bits per heavy atom. The molecule has 0 aliphatic carbocycles. The highest BCUT2D eigenvalue weighted by atomic mass is 19.1.